The first-order valence-corrected chi connectivity index (χ1v) is 6.75. The van der Waals surface area contributed by atoms with E-state index in [1.807, 2.05) is 12.1 Å². The molecule has 1 saturated heterocycles. The number of rotatable bonds is 3. The average Bonchev–Trinajstić information content (AvgIpc) is 2.34. The van der Waals surface area contributed by atoms with E-state index in [0.717, 1.165) is 24.6 Å². The molecule has 0 amide bonds. The van der Waals surface area contributed by atoms with Crippen molar-refractivity contribution in [3.63, 3.8) is 0 Å². The summed E-state index contributed by atoms with van der Waals surface area (Å²) in [5, 5.41) is 18.4. The highest BCUT2D eigenvalue weighted by atomic mass is 16.4. The maximum absolute atomic E-state index is 9.19. The Kier molecular flexibility index (Phi) is 4.43. The van der Waals surface area contributed by atoms with Crippen LogP contribution < -0.4 is 5.46 Å². The molecule has 1 heterocycles. The fraction of sp³-hybridized carbons (Fsp3) is 0.571. The number of nitrogens with zero attached hydrogens (tertiary/aromatic N) is 1. The Balaban J connectivity index is 2.06. The van der Waals surface area contributed by atoms with Crippen LogP contribution in [0.1, 0.15) is 32.3 Å². The maximum atomic E-state index is 9.19. The van der Waals surface area contributed by atoms with Crippen molar-refractivity contribution in [2.24, 2.45) is 5.92 Å². The van der Waals surface area contributed by atoms with Crippen LogP contribution in [0.25, 0.3) is 0 Å². The third kappa shape index (κ3) is 3.34. The van der Waals surface area contributed by atoms with E-state index in [1.165, 1.54) is 12.8 Å². The van der Waals surface area contributed by atoms with Gasteiger partial charge in [0.25, 0.3) is 0 Å². The third-order valence-corrected chi connectivity index (χ3v) is 3.88. The maximum Gasteiger partial charge on any atom is 0.488 e. The zero-order valence-electron chi connectivity index (χ0n) is 11.2. The molecule has 0 radical (unpaired) electrons. The number of benzene rings is 1. The van der Waals surface area contributed by atoms with Crippen LogP contribution in [0.3, 0.4) is 0 Å². The number of piperidine rings is 1. The van der Waals surface area contributed by atoms with Crippen molar-refractivity contribution in [3.8, 4) is 0 Å². The molecular weight excluding hydrogens is 225 g/mol. The Morgan fingerprint density at radius 3 is 2.78 bits per heavy atom. The zero-order chi connectivity index (χ0) is 13.1. The first kappa shape index (κ1) is 13.6. The van der Waals surface area contributed by atoms with Gasteiger partial charge in [0.05, 0.1) is 0 Å². The molecular formula is C14H22BNO2. The predicted octanol–water partition coefficient (Wildman–Crippen LogP) is 0.987. The minimum Gasteiger partial charge on any atom is -0.423 e. The van der Waals surface area contributed by atoms with E-state index in [1.54, 1.807) is 6.07 Å². The van der Waals surface area contributed by atoms with Gasteiger partial charge in [-0.05, 0) is 36.7 Å². The topological polar surface area (TPSA) is 43.7 Å². The molecule has 0 spiro atoms. The van der Waals surface area contributed by atoms with Crippen molar-refractivity contribution in [1.82, 2.24) is 4.90 Å². The Bertz CT molecular complexity index is 397. The van der Waals surface area contributed by atoms with Crippen molar-refractivity contribution in [2.75, 3.05) is 6.54 Å². The van der Waals surface area contributed by atoms with Gasteiger partial charge in [0.1, 0.15) is 0 Å². The van der Waals surface area contributed by atoms with E-state index in [-0.39, 0.29) is 0 Å². The average molecular weight is 247 g/mol. The van der Waals surface area contributed by atoms with Crippen molar-refractivity contribution in [2.45, 2.75) is 39.3 Å². The lowest BCUT2D eigenvalue weighted by Gasteiger charge is -2.36. The Labute approximate surface area is 110 Å². The van der Waals surface area contributed by atoms with E-state index >= 15 is 0 Å². The molecule has 0 aromatic heterocycles. The molecule has 1 aromatic rings. The van der Waals surface area contributed by atoms with Gasteiger partial charge in [0.2, 0.25) is 0 Å². The molecule has 2 unspecified atom stereocenters. The second kappa shape index (κ2) is 5.87. The van der Waals surface area contributed by atoms with E-state index in [4.69, 9.17) is 0 Å². The molecule has 2 N–H and O–H groups in total. The summed E-state index contributed by atoms with van der Waals surface area (Å²) in [6.45, 7) is 6.60. The van der Waals surface area contributed by atoms with Gasteiger partial charge < -0.3 is 10.0 Å². The van der Waals surface area contributed by atoms with E-state index < -0.39 is 7.12 Å². The molecule has 1 aliphatic rings. The SMILES string of the molecule is CC1CCC(C)N(Cc2cccc(B(O)O)c2)C1. The number of hydrogen-bond acceptors (Lipinski definition) is 3. The third-order valence-electron chi connectivity index (χ3n) is 3.88. The lowest BCUT2D eigenvalue weighted by atomic mass is 9.79. The molecule has 0 saturated carbocycles. The highest BCUT2D eigenvalue weighted by Crippen LogP contribution is 2.22. The van der Waals surface area contributed by atoms with Gasteiger partial charge in [0.15, 0.2) is 0 Å². The number of hydrogen-bond donors (Lipinski definition) is 2. The molecule has 98 valence electrons. The molecule has 0 bridgehead atoms. The van der Waals surface area contributed by atoms with Crippen LogP contribution in [-0.2, 0) is 6.54 Å². The van der Waals surface area contributed by atoms with E-state index in [0.29, 0.717) is 11.5 Å². The lowest BCUT2D eigenvalue weighted by molar-refractivity contribution is 0.117. The first-order valence-electron chi connectivity index (χ1n) is 6.75. The normalized spacial score (nSPS) is 25.1. The quantitative estimate of drug-likeness (QED) is 0.783. The van der Waals surface area contributed by atoms with E-state index in [2.05, 4.69) is 24.8 Å². The molecule has 1 aromatic carbocycles. The van der Waals surface area contributed by atoms with Crippen LogP contribution in [0, 0.1) is 5.92 Å². The second-order valence-corrected chi connectivity index (χ2v) is 5.58. The van der Waals surface area contributed by atoms with Crippen molar-refractivity contribution < 1.29 is 10.0 Å². The zero-order valence-corrected chi connectivity index (χ0v) is 11.2. The van der Waals surface area contributed by atoms with Gasteiger partial charge >= 0.3 is 7.12 Å². The van der Waals surface area contributed by atoms with Crippen LogP contribution in [0.4, 0.5) is 0 Å². The lowest BCUT2D eigenvalue weighted by Crippen LogP contribution is -2.40. The Morgan fingerprint density at radius 2 is 2.06 bits per heavy atom. The summed E-state index contributed by atoms with van der Waals surface area (Å²) >= 11 is 0. The minimum absolute atomic E-state index is 0.574. The summed E-state index contributed by atoms with van der Waals surface area (Å²) in [6.07, 6.45) is 2.57. The van der Waals surface area contributed by atoms with E-state index in [9.17, 15) is 10.0 Å². The fourth-order valence-electron chi connectivity index (χ4n) is 2.69. The second-order valence-electron chi connectivity index (χ2n) is 5.58. The first-order chi connectivity index (χ1) is 8.56. The predicted molar refractivity (Wildman–Crippen MR) is 74.5 cm³/mol. The molecule has 0 aliphatic carbocycles. The van der Waals surface area contributed by atoms with Crippen LogP contribution in [-0.4, -0.2) is 34.7 Å². The monoisotopic (exact) mass is 247 g/mol. The highest BCUT2D eigenvalue weighted by Gasteiger charge is 2.23. The molecule has 2 atom stereocenters. The van der Waals surface area contributed by atoms with Crippen LogP contribution in [0.2, 0.25) is 0 Å². The largest absolute Gasteiger partial charge is 0.488 e. The summed E-state index contributed by atoms with van der Waals surface area (Å²) in [5.41, 5.74) is 1.73. The van der Waals surface area contributed by atoms with Gasteiger partial charge in [0, 0.05) is 19.1 Å². The summed E-state index contributed by atoms with van der Waals surface area (Å²) < 4.78 is 0. The standard InChI is InChI=1S/C14H22BNO2/c1-11-6-7-12(2)16(9-11)10-13-4-3-5-14(8-13)15(17)18/h3-5,8,11-12,17-18H,6-7,9-10H2,1-2H3. The van der Waals surface area contributed by atoms with Gasteiger partial charge in [-0.1, -0.05) is 31.2 Å². The van der Waals surface area contributed by atoms with Gasteiger partial charge in [-0.2, -0.15) is 0 Å². The molecule has 2 rings (SSSR count). The summed E-state index contributed by atoms with van der Waals surface area (Å²) in [5.74, 6) is 0.757. The van der Waals surface area contributed by atoms with Crippen molar-refractivity contribution in [1.29, 1.82) is 0 Å². The van der Waals surface area contributed by atoms with Gasteiger partial charge in [-0.15, -0.1) is 0 Å². The molecule has 3 nitrogen and oxygen atoms in total. The Hall–Kier alpha value is -0.835. The smallest absolute Gasteiger partial charge is 0.423 e. The van der Waals surface area contributed by atoms with Crippen molar-refractivity contribution >= 4 is 12.6 Å². The molecule has 1 fully saturated rings. The number of likely N-dealkylation sites (tertiary alicyclic amines) is 1. The summed E-state index contributed by atoms with van der Waals surface area (Å²) in [4.78, 5) is 2.48. The fourth-order valence-corrected chi connectivity index (χ4v) is 2.69. The van der Waals surface area contributed by atoms with Crippen LogP contribution in [0.15, 0.2) is 24.3 Å². The van der Waals surface area contributed by atoms with Gasteiger partial charge in [-0.25, -0.2) is 0 Å². The highest BCUT2D eigenvalue weighted by molar-refractivity contribution is 6.58. The molecule has 18 heavy (non-hydrogen) atoms. The minimum atomic E-state index is -1.37. The van der Waals surface area contributed by atoms with Gasteiger partial charge in [-0.3, -0.25) is 4.90 Å². The van der Waals surface area contributed by atoms with Crippen LogP contribution >= 0.6 is 0 Å². The molecule has 1 aliphatic heterocycles. The summed E-state index contributed by atoms with van der Waals surface area (Å²) in [6, 6.07) is 8.19. The molecule has 4 heteroatoms. The van der Waals surface area contributed by atoms with Crippen molar-refractivity contribution in [3.05, 3.63) is 29.8 Å². The van der Waals surface area contributed by atoms with Crippen LogP contribution in [0.5, 0.6) is 0 Å². The Morgan fingerprint density at radius 1 is 1.28 bits per heavy atom. The summed E-state index contributed by atoms with van der Waals surface area (Å²) in [7, 11) is -1.37.